The molecule has 1 saturated carbocycles. The second kappa shape index (κ2) is 6.85. The third kappa shape index (κ3) is 4.07. The van der Waals surface area contributed by atoms with Gasteiger partial charge in [0.1, 0.15) is 0 Å². The molecular formula is C13H25N5. The molecule has 1 aliphatic rings. The Morgan fingerprint density at radius 3 is 2.67 bits per heavy atom. The zero-order valence-corrected chi connectivity index (χ0v) is 11.3. The van der Waals surface area contributed by atoms with Crippen LogP contribution in [0, 0.1) is 5.92 Å². The van der Waals surface area contributed by atoms with Crippen LogP contribution in [0.2, 0.25) is 0 Å². The van der Waals surface area contributed by atoms with E-state index in [1.807, 2.05) is 13.2 Å². The number of nitrogens with one attached hydrogen (secondary N) is 1. The summed E-state index contributed by atoms with van der Waals surface area (Å²) in [5, 5.41) is 8.10. The Morgan fingerprint density at radius 2 is 2.11 bits per heavy atom. The molecule has 18 heavy (non-hydrogen) atoms. The number of hydrogen-bond acceptors (Lipinski definition) is 4. The van der Waals surface area contributed by atoms with Crippen LogP contribution in [-0.4, -0.2) is 21.0 Å². The van der Waals surface area contributed by atoms with Crippen molar-refractivity contribution in [1.29, 1.82) is 0 Å². The van der Waals surface area contributed by atoms with E-state index in [1.165, 1.54) is 38.5 Å². The highest BCUT2D eigenvalue weighted by Gasteiger charge is 2.18. The van der Waals surface area contributed by atoms with Crippen LogP contribution in [-0.2, 0) is 13.5 Å². The molecule has 0 spiro atoms. The molecule has 0 aliphatic heterocycles. The predicted molar refractivity (Wildman–Crippen MR) is 71.6 cm³/mol. The number of aromatic nitrogens is 3. The van der Waals surface area contributed by atoms with E-state index in [0.29, 0.717) is 6.04 Å². The van der Waals surface area contributed by atoms with Gasteiger partial charge in [-0.1, -0.05) is 43.7 Å². The lowest BCUT2D eigenvalue weighted by atomic mass is 9.91. The molecule has 1 atom stereocenters. The van der Waals surface area contributed by atoms with Crippen LogP contribution in [0.25, 0.3) is 0 Å². The van der Waals surface area contributed by atoms with Crippen LogP contribution >= 0.6 is 0 Å². The molecule has 1 unspecified atom stereocenters. The smallest absolute Gasteiger partial charge is 0.0843 e. The molecule has 5 nitrogen and oxygen atoms in total. The van der Waals surface area contributed by atoms with Gasteiger partial charge in [-0.3, -0.25) is 16.0 Å². The Balaban J connectivity index is 1.84. The SMILES string of the molecule is Cn1cc(CC(CC2CCCCCC2)NN)nn1. The molecule has 2 rings (SSSR count). The highest BCUT2D eigenvalue weighted by Crippen LogP contribution is 2.26. The minimum atomic E-state index is 0.324. The van der Waals surface area contributed by atoms with Gasteiger partial charge in [0.25, 0.3) is 0 Å². The van der Waals surface area contributed by atoms with Crippen molar-refractivity contribution in [1.82, 2.24) is 20.4 Å². The average molecular weight is 251 g/mol. The normalized spacial score (nSPS) is 19.7. The maximum Gasteiger partial charge on any atom is 0.0843 e. The Kier molecular flexibility index (Phi) is 5.13. The largest absolute Gasteiger partial charge is 0.271 e. The van der Waals surface area contributed by atoms with Crippen LogP contribution < -0.4 is 11.3 Å². The first-order valence-electron chi connectivity index (χ1n) is 7.09. The van der Waals surface area contributed by atoms with Gasteiger partial charge in [0, 0.05) is 25.7 Å². The summed E-state index contributed by atoms with van der Waals surface area (Å²) in [7, 11) is 1.90. The minimum Gasteiger partial charge on any atom is -0.271 e. The van der Waals surface area contributed by atoms with Gasteiger partial charge in [-0.05, 0) is 12.3 Å². The lowest BCUT2D eigenvalue weighted by Crippen LogP contribution is -2.38. The molecule has 0 amide bonds. The van der Waals surface area contributed by atoms with Crippen LogP contribution in [0.1, 0.15) is 50.6 Å². The third-order valence-electron chi connectivity index (χ3n) is 3.93. The average Bonchev–Trinajstić information content (AvgIpc) is 2.63. The van der Waals surface area contributed by atoms with E-state index in [-0.39, 0.29) is 0 Å². The molecule has 1 heterocycles. The fraction of sp³-hybridized carbons (Fsp3) is 0.846. The second-order valence-corrected chi connectivity index (χ2v) is 5.54. The molecule has 1 fully saturated rings. The predicted octanol–water partition coefficient (Wildman–Crippen LogP) is 1.55. The molecule has 3 N–H and O–H groups in total. The van der Waals surface area contributed by atoms with Crippen molar-refractivity contribution in [3.05, 3.63) is 11.9 Å². The van der Waals surface area contributed by atoms with Gasteiger partial charge in [0.15, 0.2) is 0 Å². The van der Waals surface area contributed by atoms with E-state index in [0.717, 1.165) is 24.5 Å². The zero-order valence-electron chi connectivity index (χ0n) is 11.3. The minimum absolute atomic E-state index is 0.324. The lowest BCUT2D eigenvalue weighted by molar-refractivity contribution is 0.351. The van der Waals surface area contributed by atoms with Crippen molar-refractivity contribution in [3.8, 4) is 0 Å². The van der Waals surface area contributed by atoms with Gasteiger partial charge in [-0.25, -0.2) is 0 Å². The van der Waals surface area contributed by atoms with Crippen LogP contribution in [0.3, 0.4) is 0 Å². The van der Waals surface area contributed by atoms with Gasteiger partial charge in [-0.15, -0.1) is 5.10 Å². The number of rotatable bonds is 5. The molecular weight excluding hydrogens is 226 g/mol. The third-order valence-corrected chi connectivity index (χ3v) is 3.93. The Hall–Kier alpha value is -0.940. The molecule has 1 aromatic heterocycles. The molecule has 0 bridgehead atoms. The fourth-order valence-electron chi connectivity index (χ4n) is 2.95. The van der Waals surface area contributed by atoms with E-state index in [4.69, 9.17) is 5.84 Å². The van der Waals surface area contributed by atoms with E-state index in [9.17, 15) is 0 Å². The summed E-state index contributed by atoms with van der Waals surface area (Å²) in [5.74, 6) is 6.50. The maximum atomic E-state index is 5.68. The molecule has 0 saturated heterocycles. The van der Waals surface area contributed by atoms with Gasteiger partial charge in [0.2, 0.25) is 0 Å². The van der Waals surface area contributed by atoms with Crippen LogP contribution in [0.5, 0.6) is 0 Å². The maximum absolute atomic E-state index is 5.68. The van der Waals surface area contributed by atoms with Crippen LogP contribution in [0.15, 0.2) is 6.20 Å². The summed E-state index contributed by atoms with van der Waals surface area (Å²) in [5.41, 5.74) is 3.97. The summed E-state index contributed by atoms with van der Waals surface area (Å²) < 4.78 is 1.74. The number of hydrazine groups is 1. The molecule has 1 aliphatic carbocycles. The van der Waals surface area contributed by atoms with Crippen molar-refractivity contribution in [2.24, 2.45) is 18.8 Å². The monoisotopic (exact) mass is 251 g/mol. The summed E-state index contributed by atoms with van der Waals surface area (Å²) in [6.07, 6.45) is 12.3. The molecule has 0 aromatic carbocycles. The number of aryl methyl sites for hydroxylation is 1. The van der Waals surface area contributed by atoms with Gasteiger partial charge in [0.05, 0.1) is 5.69 Å². The summed E-state index contributed by atoms with van der Waals surface area (Å²) in [6, 6.07) is 0.324. The van der Waals surface area contributed by atoms with Crippen molar-refractivity contribution in [3.63, 3.8) is 0 Å². The Bertz CT molecular complexity index is 341. The molecule has 1 aromatic rings. The van der Waals surface area contributed by atoms with Gasteiger partial charge >= 0.3 is 0 Å². The quantitative estimate of drug-likeness (QED) is 0.473. The topological polar surface area (TPSA) is 68.8 Å². The number of nitrogens with zero attached hydrogens (tertiary/aromatic N) is 3. The first-order valence-corrected chi connectivity index (χ1v) is 7.09. The van der Waals surface area contributed by atoms with E-state index in [1.54, 1.807) is 4.68 Å². The first-order chi connectivity index (χ1) is 8.78. The first kappa shape index (κ1) is 13.5. The molecule has 102 valence electrons. The summed E-state index contributed by atoms with van der Waals surface area (Å²) in [4.78, 5) is 0. The van der Waals surface area contributed by atoms with Gasteiger partial charge in [-0.2, -0.15) is 0 Å². The lowest BCUT2D eigenvalue weighted by Gasteiger charge is -2.21. The van der Waals surface area contributed by atoms with Crippen molar-refractivity contribution in [2.45, 2.75) is 57.4 Å². The summed E-state index contributed by atoms with van der Waals surface area (Å²) in [6.45, 7) is 0. The summed E-state index contributed by atoms with van der Waals surface area (Å²) >= 11 is 0. The van der Waals surface area contributed by atoms with Crippen molar-refractivity contribution in [2.75, 3.05) is 0 Å². The Labute approximate surface area is 109 Å². The van der Waals surface area contributed by atoms with Gasteiger partial charge < -0.3 is 0 Å². The standard InChI is InChI=1S/C13H25N5/c1-18-10-13(16-17-18)9-12(15-14)8-11-6-4-2-3-5-7-11/h10-12,15H,2-9,14H2,1H3. The number of nitrogens with two attached hydrogens (primary N) is 1. The molecule has 5 heteroatoms. The van der Waals surface area contributed by atoms with Crippen molar-refractivity contribution >= 4 is 0 Å². The van der Waals surface area contributed by atoms with Crippen molar-refractivity contribution < 1.29 is 0 Å². The van der Waals surface area contributed by atoms with E-state index >= 15 is 0 Å². The highest BCUT2D eigenvalue weighted by atomic mass is 15.4. The number of hydrogen-bond donors (Lipinski definition) is 2. The van der Waals surface area contributed by atoms with E-state index < -0.39 is 0 Å². The fourth-order valence-corrected chi connectivity index (χ4v) is 2.95. The van der Waals surface area contributed by atoms with Crippen LogP contribution in [0.4, 0.5) is 0 Å². The Morgan fingerprint density at radius 1 is 1.39 bits per heavy atom. The molecule has 0 radical (unpaired) electrons. The second-order valence-electron chi connectivity index (χ2n) is 5.54. The highest BCUT2D eigenvalue weighted by molar-refractivity contribution is 4.95. The zero-order chi connectivity index (χ0) is 12.8. The van der Waals surface area contributed by atoms with E-state index in [2.05, 4.69) is 15.7 Å².